The number of pyridine rings is 1. The normalized spacial score (nSPS) is 19.9. The van der Waals surface area contributed by atoms with Gasteiger partial charge in [-0.2, -0.15) is 0 Å². The fourth-order valence-corrected chi connectivity index (χ4v) is 3.98. The Morgan fingerprint density at radius 3 is 2.70 bits per heavy atom. The number of hydrogen-bond acceptors (Lipinski definition) is 5. The van der Waals surface area contributed by atoms with Crippen molar-refractivity contribution in [2.24, 2.45) is 4.99 Å². The van der Waals surface area contributed by atoms with E-state index < -0.39 is 0 Å². The number of hydrogen-bond donors (Lipinski definition) is 2. The van der Waals surface area contributed by atoms with E-state index in [1.54, 1.807) is 7.05 Å². The number of amides is 1. The number of aromatic nitrogens is 1. The van der Waals surface area contributed by atoms with Crippen molar-refractivity contribution in [1.82, 2.24) is 20.1 Å². The first-order valence-electron chi connectivity index (χ1n) is 10.7. The molecule has 2 aromatic rings. The second kappa shape index (κ2) is 9.75. The molecule has 8 heteroatoms. The lowest BCUT2D eigenvalue weighted by Crippen LogP contribution is -2.55. The molecule has 30 heavy (non-hydrogen) atoms. The number of fused-ring (bicyclic) bond motifs is 1. The van der Waals surface area contributed by atoms with Crippen molar-refractivity contribution >= 4 is 28.6 Å². The van der Waals surface area contributed by atoms with Gasteiger partial charge in [0.2, 0.25) is 0 Å². The van der Waals surface area contributed by atoms with E-state index in [0.29, 0.717) is 19.7 Å². The Morgan fingerprint density at radius 2 is 1.93 bits per heavy atom. The number of aliphatic imine (C=N–C) groups is 1. The molecule has 4 rings (SSSR count). The molecule has 3 heterocycles. The van der Waals surface area contributed by atoms with Crippen LogP contribution in [0.25, 0.3) is 10.9 Å². The fraction of sp³-hybridized carbons (Fsp3) is 0.500. The standard InChI is InChI=1S/C22H30N6O2/c1-23-22(28-14-12-27(13-15-28)21(29)19-7-4-16-30-19)25-11-10-24-20-9-8-17-5-2-3-6-18(17)26-20/h2-3,5-6,8-9,19H,4,7,10-16H2,1H3,(H,23,25)(H,24,26). The van der Waals surface area contributed by atoms with Gasteiger partial charge in [0, 0.05) is 58.3 Å². The maximum atomic E-state index is 12.5. The Morgan fingerprint density at radius 1 is 1.13 bits per heavy atom. The van der Waals surface area contributed by atoms with E-state index in [9.17, 15) is 4.79 Å². The van der Waals surface area contributed by atoms with E-state index in [-0.39, 0.29) is 12.0 Å². The molecule has 2 saturated heterocycles. The summed E-state index contributed by atoms with van der Waals surface area (Å²) in [7, 11) is 1.80. The summed E-state index contributed by atoms with van der Waals surface area (Å²) in [5.41, 5.74) is 0.988. The Kier molecular flexibility index (Phi) is 6.63. The van der Waals surface area contributed by atoms with E-state index in [4.69, 9.17) is 4.74 Å². The van der Waals surface area contributed by atoms with Crippen LogP contribution in [0.4, 0.5) is 5.82 Å². The van der Waals surface area contributed by atoms with Crippen molar-refractivity contribution in [3.8, 4) is 0 Å². The van der Waals surface area contributed by atoms with Gasteiger partial charge in [0.1, 0.15) is 11.9 Å². The van der Waals surface area contributed by atoms with Crippen LogP contribution >= 0.6 is 0 Å². The summed E-state index contributed by atoms with van der Waals surface area (Å²) in [6.45, 7) is 5.14. The fourth-order valence-electron chi connectivity index (χ4n) is 3.98. The SMILES string of the molecule is CN=C(NCCNc1ccc2ccccc2n1)N1CCN(C(=O)C2CCCO2)CC1. The Hall–Kier alpha value is -2.87. The van der Waals surface area contributed by atoms with E-state index >= 15 is 0 Å². The van der Waals surface area contributed by atoms with Crippen molar-refractivity contribution in [2.45, 2.75) is 18.9 Å². The molecular formula is C22H30N6O2. The number of benzene rings is 1. The van der Waals surface area contributed by atoms with E-state index in [1.807, 2.05) is 29.2 Å². The zero-order chi connectivity index (χ0) is 20.8. The first-order chi connectivity index (χ1) is 14.7. The minimum Gasteiger partial charge on any atom is -0.368 e. The van der Waals surface area contributed by atoms with Crippen LogP contribution in [0, 0.1) is 0 Å². The molecule has 160 valence electrons. The summed E-state index contributed by atoms with van der Waals surface area (Å²) in [6, 6.07) is 12.2. The number of nitrogens with zero attached hydrogens (tertiary/aromatic N) is 4. The maximum absolute atomic E-state index is 12.5. The molecule has 8 nitrogen and oxygen atoms in total. The van der Waals surface area contributed by atoms with Crippen molar-refractivity contribution in [3.05, 3.63) is 36.4 Å². The average Bonchev–Trinajstić information content (AvgIpc) is 3.34. The van der Waals surface area contributed by atoms with E-state index in [2.05, 4.69) is 37.6 Å². The number of carbonyl (C=O) groups is 1. The zero-order valence-electron chi connectivity index (χ0n) is 17.5. The molecule has 0 spiro atoms. The number of piperazine rings is 1. The zero-order valence-corrected chi connectivity index (χ0v) is 17.5. The second-order valence-corrected chi connectivity index (χ2v) is 7.60. The lowest BCUT2D eigenvalue weighted by molar-refractivity contribution is -0.142. The molecule has 0 aliphatic carbocycles. The van der Waals surface area contributed by atoms with Gasteiger partial charge < -0.3 is 25.2 Å². The lowest BCUT2D eigenvalue weighted by Gasteiger charge is -2.37. The Labute approximate surface area is 177 Å². The molecule has 2 fully saturated rings. The van der Waals surface area contributed by atoms with Gasteiger partial charge in [-0.3, -0.25) is 9.79 Å². The molecule has 1 aromatic heterocycles. The number of ether oxygens (including phenoxy) is 1. The summed E-state index contributed by atoms with van der Waals surface area (Å²) in [5.74, 6) is 1.88. The van der Waals surface area contributed by atoms with Crippen LogP contribution in [0.3, 0.4) is 0 Å². The van der Waals surface area contributed by atoms with Gasteiger partial charge in [0.25, 0.3) is 5.91 Å². The number of anilines is 1. The van der Waals surface area contributed by atoms with Gasteiger partial charge >= 0.3 is 0 Å². The lowest BCUT2D eigenvalue weighted by atomic mass is 10.2. The number of para-hydroxylation sites is 1. The largest absolute Gasteiger partial charge is 0.368 e. The van der Waals surface area contributed by atoms with Crippen LogP contribution < -0.4 is 10.6 Å². The summed E-state index contributed by atoms with van der Waals surface area (Å²) in [4.78, 5) is 25.7. The molecule has 0 bridgehead atoms. The van der Waals surface area contributed by atoms with E-state index in [1.165, 1.54) is 0 Å². The summed E-state index contributed by atoms with van der Waals surface area (Å²) < 4.78 is 5.54. The first kappa shape index (κ1) is 20.4. The van der Waals surface area contributed by atoms with Crippen molar-refractivity contribution in [1.29, 1.82) is 0 Å². The summed E-state index contributed by atoms with van der Waals surface area (Å²) in [6.07, 6.45) is 1.60. The van der Waals surface area contributed by atoms with Crippen molar-refractivity contribution in [2.75, 3.05) is 58.2 Å². The monoisotopic (exact) mass is 410 g/mol. The minimum atomic E-state index is -0.233. The number of nitrogens with one attached hydrogen (secondary N) is 2. The van der Waals surface area contributed by atoms with Crippen LogP contribution in [0.2, 0.25) is 0 Å². The molecule has 0 saturated carbocycles. The predicted molar refractivity (Wildman–Crippen MR) is 119 cm³/mol. The van der Waals surface area contributed by atoms with Gasteiger partial charge in [-0.1, -0.05) is 18.2 Å². The van der Waals surface area contributed by atoms with Crippen LogP contribution in [0.5, 0.6) is 0 Å². The molecule has 1 unspecified atom stereocenters. The smallest absolute Gasteiger partial charge is 0.251 e. The summed E-state index contributed by atoms with van der Waals surface area (Å²) >= 11 is 0. The highest BCUT2D eigenvalue weighted by Gasteiger charge is 2.30. The maximum Gasteiger partial charge on any atom is 0.251 e. The summed E-state index contributed by atoms with van der Waals surface area (Å²) in [5, 5.41) is 7.90. The molecule has 1 aromatic carbocycles. The van der Waals surface area contributed by atoms with Gasteiger partial charge in [0.05, 0.1) is 5.52 Å². The van der Waals surface area contributed by atoms with Crippen LogP contribution in [-0.2, 0) is 9.53 Å². The van der Waals surface area contributed by atoms with Gasteiger partial charge in [-0.05, 0) is 31.0 Å². The number of rotatable bonds is 5. The highest BCUT2D eigenvalue weighted by molar-refractivity contribution is 5.83. The van der Waals surface area contributed by atoms with Gasteiger partial charge in [-0.15, -0.1) is 0 Å². The van der Waals surface area contributed by atoms with Crippen molar-refractivity contribution < 1.29 is 9.53 Å². The highest BCUT2D eigenvalue weighted by atomic mass is 16.5. The molecule has 1 amide bonds. The van der Waals surface area contributed by atoms with Crippen molar-refractivity contribution in [3.63, 3.8) is 0 Å². The van der Waals surface area contributed by atoms with Crippen LogP contribution in [0.1, 0.15) is 12.8 Å². The van der Waals surface area contributed by atoms with Gasteiger partial charge in [-0.25, -0.2) is 4.98 Å². The molecular weight excluding hydrogens is 380 g/mol. The number of guanidine groups is 1. The van der Waals surface area contributed by atoms with E-state index in [0.717, 1.165) is 61.7 Å². The van der Waals surface area contributed by atoms with Crippen LogP contribution in [-0.4, -0.2) is 85.7 Å². The molecule has 2 N–H and O–H groups in total. The third-order valence-corrected chi connectivity index (χ3v) is 5.62. The second-order valence-electron chi connectivity index (χ2n) is 7.60. The molecule has 2 aliphatic heterocycles. The predicted octanol–water partition coefficient (Wildman–Crippen LogP) is 1.55. The molecule has 0 radical (unpaired) electrons. The minimum absolute atomic E-state index is 0.141. The molecule has 1 atom stereocenters. The quantitative estimate of drug-likeness (QED) is 0.442. The van der Waals surface area contributed by atoms with Gasteiger partial charge in [0.15, 0.2) is 5.96 Å². The first-order valence-corrected chi connectivity index (χ1v) is 10.7. The highest BCUT2D eigenvalue weighted by Crippen LogP contribution is 2.16. The molecule has 2 aliphatic rings. The average molecular weight is 411 g/mol. The Balaban J connectivity index is 1.20. The Bertz CT molecular complexity index is 888. The number of carbonyl (C=O) groups excluding carboxylic acids is 1. The third kappa shape index (κ3) is 4.81. The topological polar surface area (TPSA) is 82.1 Å². The third-order valence-electron chi connectivity index (χ3n) is 5.62. The van der Waals surface area contributed by atoms with Crippen LogP contribution in [0.15, 0.2) is 41.4 Å².